The molecule has 3 rings (SSSR count). The smallest absolute Gasteiger partial charge is 0.0649 e. The van der Waals surface area contributed by atoms with Gasteiger partial charge < -0.3 is 4.74 Å². The maximum absolute atomic E-state index is 6.25. The first kappa shape index (κ1) is 15.5. The number of likely N-dealkylation sites (N-methyl/N-ethyl adjacent to an activating group) is 1. The van der Waals surface area contributed by atoms with E-state index < -0.39 is 0 Å². The number of halogens is 2. The van der Waals surface area contributed by atoms with Gasteiger partial charge in [0.1, 0.15) is 0 Å². The van der Waals surface area contributed by atoms with E-state index >= 15 is 0 Å². The van der Waals surface area contributed by atoms with Gasteiger partial charge in [0.2, 0.25) is 0 Å². The highest BCUT2D eigenvalue weighted by atomic mass is 35.5. The van der Waals surface area contributed by atoms with Gasteiger partial charge in [-0.2, -0.15) is 0 Å². The van der Waals surface area contributed by atoms with Crippen molar-refractivity contribution in [1.29, 1.82) is 0 Å². The van der Waals surface area contributed by atoms with Gasteiger partial charge >= 0.3 is 0 Å². The third-order valence-electron chi connectivity index (χ3n) is 4.84. The van der Waals surface area contributed by atoms with E-state index in [1.54, 1.807) is 12.4 Å². The minimum absolute atomic E-state index is 0.239. The first-order valence-corrected chi connectivity index (χ1v) is 8.15. The first-order chi connectivity index (χ1) is 10.1. The first-order valence-electron chi connectivity index (χ1n) is 7.40. The third-order valence-corrected chi connectivity index (χ3v) is 5.49. The standard InChI is InChI=1S/C15H21Cl2N3O/c1-19-4-5-20(11-15(19)2-6-21-7-3-15)10-12-13(16)8-18-9-14(12)17/h8-9H,2-7,10-11H2,1H3. The maximum atomic E-state index is 6.25. The predicted octanol–water partition coefficient (Wildman–Crippen LogP) is 2.69. The average Bonchev–Trinajstić information content (AvgIpc) is 2.48. The lowest BCUT2D eigenvalue weighted by atomic mass is 9.86. The van der Waals surface area contributed by atoms with E-state index in [1.165, 1.54) is 0 Å². The minimum Gasteiger partial charge on any atom is -0.381 e. The summed E-state index contributed by atoms with van der Waals surface area (Å²) in [6, 6.07) is 0. The van der Waals surface area contributed by atoms with Gasteiger partial charge in [-0.25, -0.2) is 0 Å². The van der Waals surface area contributed by atoms with E-state index in [0.29, 0.717) is 10.0 Å². The summed E-state index contributed by atoms with van der Waals surface area (Å²) in [4.78, 5) is 8.98. The van der Waals surface area contributed by atoms with Crippen molar-refractivity contribution in [3.63, 3.8) is 0 Å². The molecule has 116 valence electrons. The zero-order valence-electron chi connectivity index (χ0n) is 12.3. The Morgan fingerprint density at radius 1 is 1.19 bits per heavy atom. The van der Waals surface area contributed by atoms with Crippen LogP contribution in [0, 0.1) is 0 Å². The van der Waals surface area contributed by atoms with Crippen molar-refractivity contribution in [2.75, 3.05) is 39.9 Å². The average molecular weight is 330 g/mol. The molecular formula is C15H21Cl2N3O. The van der Waals surface area contributed by atoms with Crippen LogP contribution in [0.5, 0.6) is 0 Å². The van der Waals surface area contributed by atoms with Gasteiger partial charge in [-0.1, -0.05) is 23.2 Å². The van der Waals surface area contributed by atoms with E-state index in [2.05, 4.69) is 21.8 Å². The highest BCUT2D eigenvalue weighted by Crippen LogP contribution is 2.32. The van der Waals surface area contributed by atoms with Crippen LogP contribution in [0.15, 0.2) is 12.4 Å². The lowest BCUT2D eigenvalue weighted by Gasteiger charge is -2.51. The van der Waals surface area contributed by atoms with Gasteiger partial charge in [-0.05, 0) is 19.9 Å². The van der Waals surface area contributed by atoms with E-state index in [0.717, 1.165) is 57.8 Å². The predicted molar refractivity (Wildman–Crippen MR) is 84.9 cm³/mol. The van der Waals surface area contributed by atoms with E-state index in [4.69, 9.17) is 27.9 Å². The number of hydrogen-bond acceptors (Lipinski definition) is 4. The lowest BCUT2D eigenvalue weighted by molar-refractivity contribution is -0.0625. The Balaban J connectivity index is 1.75. The number of piperazine rings is 1. The fourth-order valence-electron chi connectivity index (χ4n) is 3.38. The van der Waals surface area contributed by atoms with Crippen molar-refractivity contribution >= 4 is 23.2 Å². The van der Waals surface area contributed by atoms with Gasteiger partial charge in [0, 0.05) is 62.9 Å². The normalized spacial score (nSPS) is 23.6. The molecule has 0 atom stereocenters. The van der Waals surface area contributed by atoms with Crippen LogP contribution < -0.4 is 0 Å². The summed E-state index contributed by atoms with van der Waals surface area (Å²) < 4.78 is 5.54. The SMILES string of the molecule is CN1CCN(Cc2c(Cl)cncc2Cl)CC12CCOCC2. The molecule has 21 heavy (non-hydrogen) atoms. The van der Waals surface area contributed by atoms with Crippen molar-refractivity contribution in [1.82, 2.24) is 14.8 Å². The maximum Gasteiger partial charge on any atom is 0.0649 e. The molecule has 2 saturated heterocycles. The summed E-state index contributed by atoms with van der Waals surface area (Å²) in [6.07, 6.45) is 5.53. The molecule has 0 aliphatic carbocycles. The highest BCUT2D eigenvalue weighted by molar-refractivity contribution is 6.35. The van der Waals surface area contributed by atoms with Crippen molar-refractivity contribution in [2.45, 2.75) is 24.9 Å². The Morgan fingerprint density at radius 2 is 1.86 bits per heavy atom. The van der Waals surface area contributed by atoms with Crippen molar-refractivity contribution < 1.29 is 4.74 Å². The molecule has 0 N–H and O–H groups in total. The van der Waals surface area contributed by atoms with Gasteiger partial charge in [-0.3, -0.25) is 14.8 Å². The fourth-order valence-corrected chi connectivity index (χ4v) is 3.87. The highest BCUT2D eigenvalue weighted by Gasteiger charge is 2.40. The molecule has 6 heteroatoms. The van der Waals surface area contributed by atoms with Crippen LogP contribution in [0.4, 0.5) is 0 Å². The number of pyridine rings is 1. The van der Waals surface area contributed by atoms with Crippen molar-refractivity contribution in [2.24, 2.45) is 0 Å². The van der Waals surface area contributed by atoms with E-state index in [1.807, 2.05) is 0 Å². The van der Waals surface area contributed by atoms with Crippen LogP contribution in [0.2, 0.25) is 10.0 Å². The third kappa shape index (κ3) is 3.20. The van der Waals surface area contributed by atoms with Gasteiger partial charge in [0.05, 0.1) is 10.0 Å². The molecule has 2 fully saturated rings. The second-order valence-corrected chi connectivity index (χ2v) is 6.87. The summed E-state index contributed by atoms with van der Waals surface area (Å²) in [5, 5.41) is 1.31. The van der Waals surface area contributed by atoms with Crippen LogP contribution in [0.1, 0.15) is 18.4 Å². The molecule has 2 aliphatic heterocycles. The fraction of sp³-hybridized carbons (Fsp3) is 0.667. The summed E-state index contributed by atoms with van der Waals surface area (Å²) in [5.41, 5.74) is 1.22. The monoisotopic (exact) mass is 329 g/mol. The summed E-state index contributed by atoms with van der Waals surface area (Å²) in [6.45, 7) is 5.65. The molecule has 0 radical (unpaired) electrons. The molecule has 2 aliphatic rings. The molecule has 0 amide bonds. The van der Waals surface area contributed by atoms with Crippen LogP contribution in [0.25, 0.3) is 0 Å². The Labute approximate surface area is 136 Å². The molecule has 1 aromatic heterocycles. The number of nitrogens with zero attached hydrogens (tertiary/aromatic N) is 3. The van der Waals surface area contributed by atoms with Crippen molar-refractivity contribution in [3.05, 3.63) is 28.0 Å². The number of aromatic nitrogens is 1. The number of rotatable bonds is 2. The van der Waals surface area contributed by atoms with Crippen LogP contribution in [-0.4, -0.2) is 60.2 Å². The largest absolute Gasteiger partial charge is 0.381 e. The van der Waals surface area contributed by atoms with Crippen LogP contribution in [-0.2, 0) is 11.3 Å². The second-order valence-electron chi connectivity index (χ2n) is 6.05. The molecule has 0 bridgehead atoms. The van der Waals surface area contributed by atoms with Crippen molar-refractivity contribution in [3.8, 4) is 0 Å². The molecule has 0 aromatic carbocycles. The molecule has 0 saturated carbocycles. The number of hydrogen-bond donors (Lipinski definition) is 0. The second kappa shape index (κ2) is 6.39. The zero-order valence-corrected chi connectivity index (χ0v) is 13.8. The Kier molecular flexibility index (Phi) is 4.71. The van der Waals surface area contributed by atoms with Gasteiger partial charge in [-0.15, -0.1) is 0 Å². The topological polar surface area (TPSA) is 28.6 Å². The summed E-state index contributed by atoms with van der Waals surface area (Å²) in [5.74, 6) is 0. The van der Waals surface area contributed by atoms with Gasteiger partial charge in [0.25, 0.3) is 0 Å². The van der Waals surface area contributed by atoms with Gasteiger partial charge in [0.15, 0.2) is 0 Å². The Morgan fingerprint density at radius 3 is 2.52 bits per heavy atom. The Bertz CT molecular complexity index is 485. The minimum atomic E-state index is 0.239. The van der Waals surface area contributed by atoms with E-state index in [-0.39, 0.29) is 5.54 Å². The Hall–Kier alpha value is -0.390. The molecule has 3 heterocycles. The lowest BCUT2D eigenvalue weighted by Crippen LogP contribution is -2.62. The summed E-state index contributed by atoms with van der Waals surface area (Å²) in [7, 11) is 2.23. The van der Waals surface area contributed by atoms with Crippen LogP contribution >= 0.6 is 23.2 Å². The molecule has 0 unspecified atom stereocenters. The van der Waals surface area contributed by atoms with Crippen LogP contribution in [0.3, 0.4) is 0 Å². The van der Waals surface area contributed by atoms with E-state index in [9.17, 15) is 0 Å². The molecule has 4 nitrogen and oxygen atoms in total. The molecule has 1 spiro atoms. The number of ether oxygens (including phenoxy) is 1. The molecule has 1 aromatic rings. The molecular weight excluding hydrogens is 309 g/mol. The zero-order chi connectivity index (χ0) is 14.9. The quantitative estimate of drug-likeness (QED) is 0.834. The summed E-state index contributed by atoms with van der Waals surface area (Å²) >= 11 is 12.5.